The van der Waals surface area contributed by atoms with E-state index in [0.29, 0.717) is 5.92 Å². The van der Waals surface area contributed by atoms with Crippen LogP contribution in [0.2, 0.25) is 0 Å². The summed E-state index contributed by atoms with van der Waals surface area (Å²) in [6.45, 7) is 9.31. The van der Waals surface area contributed by atoms with Crippen molar-refractivity contribution >= 4 is 5.95 Å². The molecule has 4 nitrogen and oxygen atoms in total. The van der Waals surface area contributed by atoms with Crippen molar-refractivity contribution in [2.24, 2.45) is 11.7 Å². The monoisotopic (exact) mass is 208 g/mol. The van der Waals surface area contributed by atoms with Crippen molar-refractivity contribution in [3.05, 3.63) is 11.9 Å². The minimum atomic E-state index is 0.285. The molecule has 1 aromatic rings. The van der Waals surface area contributed by atoms with Crippen LogP contribution in [-0.2, 0) is 6.54 Å². The fourth-order valence-electron chi connectivity index (χ4n) is 2.17. The van der Waals surface area contributed by atoms with Gasteiger partial charge in [-0.2, -0.15) is 0 Å². The van der Waals surface area contributed by atoms with Crippen molar-refractivity contribution in [3.8, 4) is 0 Å². The van der Waals surface area contributed by atoms with E-state index in [1.54, 1.807) is 0 Å². The number of hydrogen-bond donors (Lipinski definition) is 1. The van der Waals surface area contributed by atoms with E-state index < -0.39 is 0 Å². The van der Waals surface area contributed by atoms with Crippen LogP contribution in [0.4, 0.5) is 5.95 Å². The zero-order chi connectivity index (χ0) is 11.0. The van der Waals surface area contributed by atoms with Crippen LogP contribution in [0.15, 0.2) is 6.20 Å². The standard InChI is InChI=1S/C11H20N4/c1-4-14-6-9(3)13-11(14)15-5-8(2)10(12)7-15/h6,8,10H,4-5,7,12H2,1-3H3. The van der Waals surface area contributed by atoms with Crippen LogP contribution < -0.4 is 10.6 Å². The second-order valence-electron chi connectivity index (χ2n) is 4.51. The van der Waals surface area contributed by atoms with E-state index in [0.717, 1.165) is 31.3 Å². The van der Waals surface area contributed by atoms with E-state index in [-0.39, 0.29) is 6.04 Å². The third kappa shape index (κ3) is 1.86. The number of anilines is 1. The van der Waals surface area contributed by atoms with Gasteiger partial charge >= 0.3 is 0 Å². The summed E-state index contributed by atoms with van der Waals surface area (Å²) in [6.07, 6.45) is 2.10. The van der Waals surface area contributed by atoms with Gasteiger partial charge in [-0.1, -0.05) is 6.92 Å². The maximum atomic E-state index is 6.03. The molecule has 1 saturated heterocycles. The van der Waals surface area contributed by atoms with Gasteiger partial charge in [-0.15, -0.1) is 0 Å². The Hall–Kier alpha value is -1.03. The quantitative estimate of drug-likeness (QED) is 0.788. The molecule has 2 unspecified atom stereocenters. The summed E-state index contributed by atoms with van der Waals surface area (Å²) in [7, 11) is 0. The first-order valence-corrected chi connectivity index (χ1v) is 5.66. The zero-order valence-corrected chi connectivity index (χ0v) is 9.77. The fourth-order valence-corrected chi connectivity index (χ4v) is 2.17. The molecule has 15 heavy (non-hydrogen) atoms. The Morgan fingerprint density at radius 3 is 2.80 bits per heavy atom. The Morgan fingerprint density at radius 2 is 2.27 bits per heavy atom. The number of nitrogens with two attached hydrogens (primary N) is 1. The Balaban J connectivity index is 2.22. The summed E-state index contributed by atoms with van der Waals surface area (Å²) >= 11 is 0. The van der Waals surface area contributed by atoms with Crippen molar-refractivity contribution in [2.45, 2.75) is 33.4 Å². The average Bonchev–Trinajstić information content (AvgIpc) is 2.71. The third-order valence-corrected chi connectivity index (χ3v) is 3.17. The molecule has 2 atom stereocenters. The van der Waals surface area contributed by atoms with Gasteiger partial charge in [-0.3, -0.25) is 0 Å². The van der Waals surface area contributed by atoms with E-state index in [2.05, 4.69) is 34.5 Å². The summed E-state index contributed by atoms with van der Waals surface area (Å²) in [4.78, 5) is 6.86. The van der Waals surface area contributed by atoms with Gasteiger partial charge in [0.15, 0.2) is 0 Å². The molecule has 0 amide bonds. The van der Waals surface area contributed by atoms with Crippen molar-refractivity contribution in [1.82, 2.24) is 9.55 Å². The minimum absolute atomic E-state index is 0.285. The average molecular weight is 208 g/mol. The van der Waals surface area contributed by atoms with Crippen molar-refractivity contribution in [3.63, 3.8) is 0 Å². The highest BCUT2D eigenvalue weighted by Crippen LogP contribution is 2.22. The van der Waals surface area contributed by atoms with Gasteiger partial charge in [-0.25, -0.2) is 4.98 Å². The number of aryl methyl sites for hydroxylation is 2. The lowest BCUT2D eigenvalue weighted by Gasteiger charge is -2.17. The summed E-state index contributed by atoms with van der Waals surface area (Å²) in [6, 6.07) is 0.285. The highest BCUT2D eigenvalue weighted by molar-refractivity contribution is 5.36. The first-order chi connectivity index (χ1) is 7.11. The highest BCUT2D eigenvalue weighted by Gasteiger charge is 2.28. The van der Waals surface area contributed by atoms with E-state index in [1.807, 2.05) is 6.92 Å². The molecule has 2 N–H and O–H groups in total. The number of nitrogens with zero attached hydrogens (tertiary/aromatic N) is 3. The van der Waals surface area contributed by atoms with Crippen LogP contribution >= 0.6 is 0 Å². The fraction of sp³-hybridized carbons (Fsp3) is 0.727. The van der Waals surface area contributed by atoms with Gasteiger partial charge in [0, 0.05) is 31.9 Å². The molecule has 0 bridgehead atoms. The summed E-state index contributed by atoms with van der Waals surface area (Å²) in [5.74, 6) is 1.64. The molecule has 0 radical (unpaired) electrons. The van der Waals surface area contributed by atoms with E-state index in [4.69, 9.17) is 5.73 Å². The number of rotatable bonds is 2. The molecular weight excluding hydrogens is 188 g/mol. The molecule has 1 aromatic heterocycles. The number of imidazole rings is 1. The second-order valence-corrected chi connectivity index (χ2v) is 4.51. The maximum absolute atomic E-state index is 6.03. The molecular formula is C11H20N4. The van der Waals surface area contributed by atoms with E-state index in [1.165, 1.54) is 0 Å². The van der Waals surface area contributed by atoms with E-state index in [9.17, 15) is 0 Å². The van der Waals surface area contributed by atoms with Crippen molar-refractivity contribution in [2.75, 3.05) is 18.0 Å². The number of aromatic nitrogens is 2. The van der Waals surface area contributed by atoms with Crippen molar-refractivity contribution < 1.29 is 0 Å². The molecule has 0 saturated carbocycles. The van der Waals surface area contributed by atoms with Crippen LogP contribution in [0.25, 0.3) is 0 Å². The molecule has 0 aromatic carbocycles. The zero-order valence-electron chi connectivity index (χ0n) is 9.77. The minimum Gasteiger partial charge on any atom is -0.340 e. The number of hydrogen-bond acceptors (Lipinski definition) is 3. The van der Waals surface area contributed by atoms with Gasteiger partial charge < -0.3 is 15.2 Å². The van der Waals surface area contributed by atoms with Crippen LogP contribution in [-0.4, -0.2) is 28.7 Å². The molecule has 2 heterocycles. The maximum Gasteiger partial charge on any atom is 0.205 e. The van der Waals surface area contributed by atoms with Gasteiger partial charge in [0.25, 0.3) is 0 Å². The molecule has 1 aliphatic heterocycles. The highest BCUT2D eigenvalue weighted by atomic mass is 15.3. The third-order valence-electron chi connectivity index (χ3n) is 3.17. The smallest absolute Gasteiger partial charge is 0.205 e. The Labute approximate surface area is 91.1 Å². The predicted molar refractivity (Wildman–Crippen MR) is 62.0 cm³/mol. The molecule has 2 rings (SSSR count). The largest absolute Gasteiger partial charge is 0.340 e. The summed E-state index contributed by atoms with van der Waals surface area (Å²) < 4.78 is 2.19. The van der Waals surface area contributed by atoms with Crippen LogP contribution in [0.5, 0.6) is 0 Å². The van der Waals surface area contributed by atoms with Gasteiger partial charge in [0.2, 0.25) is 5.95 Å². The molecule has 4 heteroatoms. The van der Waals surface area contributed by atoms with Gasteiger partial charge in [0.1, 0.15) is 0 Å². The molecule has 1 fully saturated rings. The SMILES string of the molecule is CCn1cc(C)nc1N1CC(C)C(N)C1. The van der Waals surface area contributed by atoms with Gasteiger partial charge in [-0.05, 0) is 19.8 Å². The van der Waals surface area contributed by atoms with Gasteiger partial charge in [0.05, 0.1) is 5.69 Å². The topological polar surface area (TPSA) is 47.1 Å². The molecule has 0 spiro atoms. The normalized spacial score (nSPS) is 26.3. The molecule has 1 aliphatic rings. The summed E-state index contributed by atoms with van der Waals surface area (Å²) in [5.41, 5.74) is 7.11. The summed E-state index contributed by atoms with van der Waals surface area (Å²) in [5, 5.41) is 0. The first-order valence-electron chi connectivity index (χ1n) is 5.66. The van der Waals surface area contributed by atoms with Crippen molar-refractivity contribution in [1.29, 1.82) is 0 Å². The Kier molecular flexibility index (Phi) is 2.69. The lowest BCUT2D eigenvalue weighted by Crippen LogP contribution is -2.29. The molecule has 0 aliphatic carbocycles. The molecule has 84 valence electrons. The lowest BCUT2D eigenvalue weighted by atomic mass is 10.1. The van der Waals surface area contributed by atoms with Crippen LogP contribution in [0.3, 0.4) is 0 Å². The Morgan fingerprint density at radius 1 is 1.53 bits per heavy atom. The van der Waals surface area contributed by atoms with E-state index >= 15 is 0 Å². The lowest BCUT2D eigenvalue weighted by molar-refractivity contribution is 0.565. The Bertz CT molecular complexity index is 334. The van der Waals surface area contributed by atoms with Crippen LogP contribution in [0, 0.1) is 12.8 Å². The predicted octanol–water partition coefficient (Wildman–Crippen LogP) is 0.995. The second kappa shape index (κ2) is 3.85. The van der Waals surface area contributed by atoms with Crippen LogP contribution in [0.1, 0.15) is 19.5 Å². The first kappa shape index (κ1) is 10.5.